The van der Waals surface area contributed by atoms with E-state index in [1.54, 1.807) is 12.1 Å². The molecular weight excluding hydrogens is 406 g/mol. The third kappa shape index (κ3) is 6.94. The number of nitrogens with zero attached hydrogens (tertiary/aromatic N) is 1. The zero-order valence-corrected chi connectivity index (χ0v) is 20.6. The van der Waals surface area contributed by atoms with Gasteiger partial charge in [-0.15, -0.1) is 0 Å². The maximum Gasteiger partial charge on any atom is 0.343 e. The molecule has 0 radical (unpaired) electrons. The Bertz CT molecular complexity index is 933. The average Bonchev–Trinajstić information content (AvgIpc) is 2.87. The van der Waals surface area contributed by atoms with Crippen LogP contribution in [0.1, 0.15) is 112 Å². The number of benzene rings is 2. The van der Waals surface area contributed by atoms with Crippen LogP contribution in [0.15, 0.2) is 42.5 Å². The van der Waals surface area contributed by atoms with E-state index in [1.807, 2.05) is 25.1 Å². The molecule has 1 unspecified atom stereocenters. The lowest BCUT2D eigenvalue weighted by atomic mass is 9.75. The highest BCUT2D eigenvalue weighted by Gasteiger charge is 2.24. The molecule has 3 heteroatoms. The SMILES string of the molecule is CCCCC(CC)CC1CCC(c2ccc(C(=O)Oc3ccc(CC)cc3C#N)cc2)CC1. The number of hydrogen-bond acceptors (Lipinski definition) is 3. The topological polar surface area (TPSA) is 50.1 Å². The molecule has 1 atom stereocenters. The molecule has 0 aliphatic heterocycles. The summed E-state index contributed by atoms with van der Waals surface area (Å²) in [7, 11) is 0. The van der Waals surface area contributed by atoms with Crippen molar-refractivity contribution in [3.8, 4) is 11.8 Å². The maximum atomic E-state index is 12.6. The molecule has 0 heterocycles. The molecule has 0 N–H and O–H groups in total. The highest BCUT2D eigenvalue weighted by atomic mass is 16.5. The highest BCUT2D eigenvalue weighted by molar-refractivity contribution is 5.91. The monoisotopic (exact) mass is 445 g/mol. The van der Waals surface area contributed by atoms with Gasteiger partial charge in [0.25, 0.3) is 0 Å². The third-order valence-corrected chi connectivity index (χ3v) is 7.45. The minimum atomic E-state index is -0.413. The molecule has 0 amide bonds. The molecule has 0 spiro atoms. The predicted octanol–water partition coefficient (Wildman–Crippen LogP) is 8.22. The second-order valence-corrected chi connectivity index (χ2v) is 9.68. The minimum absolute atomic E-state index is 0.325. The van der Waals surface area contributed by atoms with Crippen LogP contribution < -0.4 is 4.74 Å². The fourth-order valence-corrected chi connectivity index (χ4v) is 5.21. The number of aryl methyl sites for hydroxylation is 1. The molecular formula is C30H39NO2. The summed E-state index contributed by atoms with van der Waals surface area (Å²) in [4.78, 5) is 12.6. The van der Waals surface area contributed by atoms with Crippen molar-refractivity contribution in [2.24, 2.45) is 11.8 Å². The Hall–Kier alpha value is -2.60. The molecule has 176 valence electrons. The van der Waals surface area contributed by atoms with Crippen molar-refractivity contribution >= 4 is 5.97 Å². The van der Waals surface area contributed by atoms with E-state index >= 15 is 0 Å². The largest absolute Gasteiger partial charge is 0.422 e. The van der Waals surface area contributed by atoms with Crippen LogP contribution in [-0.2, 0) is 6.42 Å². The zero-order chi connectivity index (χ0) is 23.6. The quantitative estimate of drug-likeness (QED) is 0.273. The summed E-state index contributed by atoms with van der Waals surface area (Å²) in [5.74, 6) is 2.28. The number of rotatable bonds is 10. The summed E-state index contributed by atoms with van der Waals surface area (Å²) in [5.41, 5.74) is 3.30. The molecule has 0 saturated heterocycles. The van der Waals surface area contributed by atoms with Gasteiger partial charge in [-0.2, -0.15) is 5.26 Å². The van der Waals surface area contributed by atoms with Crippen molar-refractivity contribution in [2.75, 3.05) is 0 Å². The van der Waals surface area contributed by atoms with E-state index in [1.165, 1.54) is 63.4 Å². The van der Waals surface area contributed by atoms with Gasteiger partial charge in [-0.3, -0.25) is 0 Å². The van der Waals surface area contributed by atoms with Crippen molar-refractivity contribution in [3.05, 3.63) is 64.7 Å². The number of carbonyl (C=O) groups excluding carboxylic acids is 1. The van der Waals surface area contributed by atoms with E-state index in [2.05, 4.69) is 32.0 Å². The Labute approximate surface area is 200 Å². The van der Waals surface area contributed by atoms with Gasteiger partial charge in [-0.25, -0.2) is 4.79 Å². The zero-order valence-electron chi connectivity index (χ0n) is 20.6. The van der Waals surface area contributed by atoms with Crippen LogP contribution in [0, 0.1) is 23.2 Å². The lowest BCUT2D eigenvalue weighted by Crippen LogP contribution is -2.17. The van der Waals surface area contributed by atoms with E-state index < -0.39 is 5.97 Å². The van der Waals surface area contributed by atoms with Gasteiger partial charge < -0.3 is 4.74 Å². The van der Waals surface area contributed by atoms with Gasteiger partial charge in [0.05, 0.1) is 11.1 Å². The first-order valence-corrected chi connectivity index (χ1v) is 12.9. The van der Waals surface area contributed by atoms with Gasteiger partial charge in [-0.1, -0.05) is 64.7 Å². The van der Waals surface area contributed by atoms with E-state index in [0.717, 1.165) is 23.8 Å². The van der Waals surface area contributed by atoms with E-state index in [4.69, 9.17) is 4.74 Å². The minimum Gasteiger partial charge on any atom is -0.422 e. The van der Waals surface area contributed by atoms with Crippen LogP contribution in [0.25, 0.3) is 0 Å². The summed E-state index contributed by atoms with van der Waals surface area (Å²) in [6.45, 7) is 6.67. The predicted molar refractivity (Wildman–Crippen MR) is 135 cm³/mol. The molecule has 0 aromatic heterocycles. The van der Waals surface area contributed by atoms with Gasteiger partial charge in [0.1, 0.15) is 11.8 Å². The Balaban J connectivity index is 1.54. The summed E-state index contributed by atoms with van der Waals surface area (Å²) >= 11 is 0. The number of hydrogen-bond donors (Lipinski definition) is 0. The lowest BCUT2D eigenvalue weighted by Gasteiger charge is -2.31. The smallest absolute Gasteiger partial charge is 0.343 e. The average molecular weight is 446 g/mol. The number of esters is 1. The first-order chi connectivity index (χ1) is 16.1. The molecule has 1 aliphatic rings. The molecule has 33 heavy (non-hydrogen) atoms. The van der Waals surface area contributed by atoms with Crippen molar-refractivity contribution in [3.63, 3.8) is 0 Å². The van der Waals surface area contributed by atoms with Crippen LogP contribution in [-0.4, -0.2) is 5.97 Å². The molecule has 2 aromatic rings. The van der Waals surface area contributed by atoms with Gasteiger partial charge in [0, 0.05) is 0 Å². The van der Waals surface area contributed by atoms with Gasteiger partial charge >= 0.3 is 5.97 Å². The fourth-order valence-electron chi connectivity index (χ4n) is 5.21. The number of carbonyl (C=O) groups is 1. The molecule has 1 fully saturated rings. The van der Waals surface area contributed by atoms with Crippen molar-refractivity contribution in [1.29, 1.82) is 5.26 Å². The fraction of sp³-hybridized carbons (Fsp3) is 0.533. The number of ether oxygens (including phenoxy) is 1. The first kappa shape index (κ1) is 25.0. The maximum absolute atomic E-state index is 12.6. The second-order valence-electron chi connectivity index (χ2n) is 9.68. The van der Waals surface area contributed by atoms with Crippen molar-refractivity contribution < 1.29 is 9.53 Å². The van der Waals surface area contributed by atoms with Crippen LogP contribution >= 0.6 is 0 Å². The Morgan fingerprint density at radius 2 is 1.79 bits per heavy atom. The van der Waals surface area contributed by atoms with E-state index in [-0.39, 0.29) is 0 Å². The molecule has 3 nitrogen and oxygen atoms in total. The van der Waals surface area contributed by atoms with Crippen LogP contribution in [0.4, 0.5) is 0 Å². The van der Waals surface area contributed by atoms with Gasteiger partial charge in [-0.05, 0) is 91.7 Å². The van der Waals surface area contributed by atoms with Gasteiger partial charge in [0.2, 0.25) is 0 Å². The van der Waals surface area contributed by atoms with Crippen LogP contribution in [0.3, 0.4) is 0 Å². The standard InChI is InChI=1S/C30H39NO2/c1-4-7-8-22(5-2)19-24-9-12-25(13-10-24)26-14-16-27(17-15-26)30(32)33-29-18-11-23(6-3)20-28(29)21-31/h11,14-18,20,22,24-25H,4-10,12-13,19H2,1-3H3. The summed E-state index contributed by atoms with van der Waals surface area (Å²) in [5, 5.41) is 9.38. The van der Waals surface area contributed by atoms with E-state index in [9.17, 15) is 10.1 Å². The highest BCUT2D eigenvalue weighted by Crippen LogP contribution is 2.39. The van der Waals surface area contributed by atoms with Crippen molar-refractivity contribution in [2.45, 2.75) is 90.9 Å². The summed E-state index contributed by atoms with van der Waals surface area (Å²) in [6.07, 6.45) is 12.7. The normalized spacial score (nSPS) is 19.0. The van der Waals surface area contributed by atoms with E-state index in [0.29, 0.717) is 22.8 Å². The Morgan fingerprint density at radius 3 is 2.39 bits per heavy atom. The molecule has 1 aliphatic carbocycles. The summed E-state index contributed by atoms with van der Waals surface area (Å²) in [6, 6.07) is 15.4. The first-order valence-electron chi connectivity index (χ1n) is 12.9. The Kier molecular flexibility index (Phi) is 9.55. The van der Waals surface area contributed by atoms with Crippen LogP contribution in [0.5, 0.6) is 5.75 Å². The number of unbranched alkanes of at least 4 members (excludes halogenated alkanes) is 1. The summed E-state index contributed by atoms with van der Waals surface area (Å²) < 4.78 is 5.54. The lowest BCUT2D eigenvalue weighted by molar-refractivity contribution is 0.0734. The number of nitriles is 1. The third-order valence-electron chi connectivity index (χ3n) is 7.45. The molecule has 3 rings (SSSR count). The molecule has 1 saturated carbocycles. The van der Waals surface area contributed by atoms with Crippen molar-refractivity contribution in [1.82, 2.24) is 0 Å². The molecule has 2 aromatic carbocycles. The van der Waals surface area contributed by atoms with Gasteiger partial charge in [0.15, 0.2) is 0 Å². The Morgan fingerprint density at radius 1 is 1.06 bits per heavy atom. The van der Waals surface area contributed by atoms with Crippen LogP contribution in [0.2, 0.25) is 0 Å². The second kappa shape index (κ2) is 12.6. The molecule has 0 bridgehead atoms.